The highest BCUT2D eigenvalue weighted by atomic mass is 16.5. The molecule has 0 aliphatic rings. The Morgan fingerprint density at radius 2 is 1.77 bits per heavy atom. The van der Waals surface area contributed by atoms with Crippen LogP contribution in [0.2, 0.25) is 0 Å². The van der Waals surface area contributed by atoms with Crippen LogP contribution in [0.25, 0.3) is 0 Å². The van der Waals surface area contributed by atoms with Crippen LogP contribution in [0.15, 0.2) is 66.4 Å². The topological polar surface area (TPSA) is 80.6 Å². The zero-order valence-electron chi connectivity index (χ0n) is 14.5. The van der Waals surface area contributed by atoms with E-state index in [9.17, 15) is 4.79 Å². The van der Waals surface area contributed by atoms with E-state index < -0.39 is 5.97 Å². The molecule has 0 heterocycles. The summed E-state index contributed by atoms with van der Waals surface area (Å²) in [6, 6.07) is 18.5. The van der Waals surface area contributed by atoms with Gasteiger partial charge in [-0.25, -0.2) is 4.79 Å². The number of para-hydroxylation sites is 1. The van der Waals surface area contributed by atoms with Gasteiger partial charge in [0.05, 0.1) is 6.61 Å². The Kier molecular flexibility index (Phi) is 7.56. The average Bonchev–Trinajstić information content (AvgIpc) is 2.67. The molecule has 1 N–H and O–H groups in total. The van der Waals surface area contributed by atoms with Crippen molar-refractivity contribution in [3.63, 3.8) is 0 Å². The van der Waals surface area contributed by atoms with Gasteiger partial charge in [-0.3, -0.25) is 0 Å². The zero-order valence-corrected chi connectivity index (χ0v) is 14.5. The van der Waals surface area contributed by atoms with Crippen LogP contribution in [0.4, 0.5) is 5.69 Å². The quantitative estimate of drug-likeness (QED) is 0.322. The molecule has 0 atom stereocenters. The number of nitriles is 1. The predicted octanol–water partition coefficient (Wildman–Crippen LogP) is 3.53. The summed E-state index contributed by atoms with van der Waals surface area (Å²) < 4.78 is 16.0. The summed E-state index contributed by atoms with van der Waals surface area (Å²) in [7, 11) is 0. The molecule has 0 unspecified atom stereocenters. The van der Waals surface area contributed by atoms with Crippen LogP contribution in [0.3, 0.4) is 0 Å². The van der Waals surface area contributed by atoms with E-state index in [-0.39, 0.29) is 12.2 Å². The number of esters is 1. The van der Waals surface area contributed by atoms with Crippen molar-refractivity contribution < 1.29 is 19.0 Å². The highest BCUT2D eigenvalue weighted by Gasteiger charge is 2.09. The Hall–Kier alpha value is -3.46. The van der Waals surface area contributed by atoms with Crippen LogP contribution in [-0.2, 0) is 9.53 Å². The number of rotatable bonds is 9. The van der Waals surface area contributed by atoms with Gasteiger partial charge in [-0.05, 0) is 31.2 Å². The first-order valence-corrected chi connectivity index (χ1v) is 8.17. The van der Waals surface area contributed by atoms with E-state index in [0.29, 0.717) is 24.7 Å². The lowest BCUT2D eigenvalue weighted by atomic mass is 10.3. The summed E-state index contributed by atoms with van der Waals surface area (Å²) in [5.74, 6) is 0.780. The van der Waals surface area contributed by atoms with E-state index in [2.05, 4.69) is 5.32 Å². The minimum Gasteiger partial charge on any atom is -0.490 e. The molecule has 0 aliphatic carbocycles. The third kappa shape index (κ3) is 6.21. The summed E-state index contributed by atoms with van der Waals surface area (Å²) in [4.78, 5) is 11.6. The number of carbonyl (C=O) groups is 1. The Labute approximate surface area is 152 Å². The molecule has 2 aromatic carbocycles. The van der Waals surface area contributed by atoms with Gasteiger partial charge >= 0.3 is 5.97 Å². The summed E-state index contributed by atoms with van der Waals surface area (Å²) in [5, 5.41) is 11.9. The molecule has 6 nitrogen and oxygen atoms in total. The van der Waals surface area contributed by atoms with Crippen LogP contribution in [0.1, 0.15) is 6.92 Å². The number of hydrogen-bond acceptors (Lipinski definition) is 6. The molecule has 6 heteroatoms. The Morgan fingerprint density at radius 3 is 2.46 bits per heavy atom. The maximum Gasteiger partial charge on any atom is 0.350 e. The van der Waals surface area contributed by atoms with Gasteiger partial charge in [0.1, 0.15) is 30.8 Å². The number of nitrogens with zero attached hydrogens (tertiary/aromatic N) is 1. The van der Waals surface area contributed by atoms with Crippen molar-refractivity contribution >= 4 is 11.7 Å². The van der Waals surface area contributed by atoms with Crippen molar-refractivity contribution in [1.29, 1.82) is 5.26 Å². The van der Waals surface area contributed by atoms with Gasteiger partial charge in [0.2, 0.25) is 0 Å². The van der Waals surface area contributed by atoms with Crippen molar-refractivity contribution in [2.24, 2.45) is 0 Å². The van der Waals surface area contributed by atoms with Gasteiger partial charge in [-0.2, -0.15) is 5.26 Å². The van der Waals surface area contributed by atoms with Gasteiger partial charge < -0.3 is 19.5 Å². The first-order valence-electron chi connectivity index (χ1n) is 8.17. The first kappa shape index (κ1) is 18.9. The molecule has 0 amide bonds. The lowest BCUT2D eigenvalue weighted by Gasteiger charge is -2.09. The molecule has 0 spiro atoms. The fraction of sp³-hybridized carbons (Fsp3) is 0.200. The van der Waals surface area contributed by atoms with Gasteiger partial charge in [0, 0.05) is 18.0 Å². The molecular formula is C20H20N2O4. The second-order valence-corrected chi connectivity index (χ2v) is 5.07. The van der Waals surface area contributed by atoms with Crippen LogP contribution in [0, 0.1) is 11.3 Å². The van der Waals surface area contributed by atoms with Crippen LogP contribution >= 0.6 is 0 Å². The average molecular weight is 352 g/mol. The van der Waals surface area contributed by atoms with Crippen molar-refractivity contribution in [1.82, 2.24) is 0 Å². The number of carbonyl (C=O) groups excluding carboxylic acids is 1. The fourth-order valence-electron chi connectivity index (χ4n) is 2.01. The summed E-state index contributed by atoms with van der Waals surface area (Å²) in [6.45, 7) is 2.71. The fourth-order valence-corrected chi connectivity index (χ4v) is 2.01. The third-order valence-corrected chi connectivity index (χ3v) is 3.20. The maximum atomic E-state index is 11.6. The molecule has 0 bridgehead atoms. The molecule has 0 saturated carbocycles. The van der Waals surface area contributed by atoms with Crippen molar-refractivity contribution in [2.45, 2.75) is 6.92 Å². The number of benzene rings is 2. The number of hydrogen-bond donors (Lipinski definition) is 1. The molecule has 2 aromatic rings. The highest BCUT2D eigenvalue weighted by Crippen LogP contribution is 2.18. The van der Waals surface area contributed by atoms with E-state index in [4.69, 9.17) is 19.5 Å². The van der Waals surface area contributed by atoms with Crippen molar-refractivity contribution in [3.8, 4) is 17.6 Å². The standard InChI is InChI=1S/C20H20N2O4/c1-2-24-20(23)16(14-21)15-22-17-7-6-10-19(13-17)26-12-11-25-18-8-4-3-5-9-18/h3-10,13,15,22H,2,11-12H2,1H3/b16-15-. The Morgan fingerprint density at radius 1 is 1.08 bits per heavy atom. The second-order valence-electron chi connectivity index (χ2n) is 5.07. The summed E-state index contributed by atoms with van der Waals surface area (Å²) in [6.07, 6.45) is 1.32. The van der Waals surface area contributed by atoms with Crippen LogP contribution in [-0.4, -0.2) is 25.8 Å². The molecule has 0 radical (unpaired) electrons. The van der Waals surface area contributed by atoms with Gasteiger partial charge in [-0.1, -0.05) is 24.3 Å². The number of nitrogens with one attached hydrogen (secondary N) is 1. The van der Waals surface area contributed by atoms with Gasteiger partial charge in [0.25, 0.3) is 0 Å². The SMILES string of the molecule is CCOC(=O)/C(C#N)=C\Nc1cccc(OCCOc2ccccc2)c1. The van der Waals surface area contributed by atoms with Gasteiger partial charge in [0.15, 0.2) is 5.57 Å². The first-order chi connectivity index (χ1) is 12.7. The minimum atomic E-state index is -0.659. The Bertz CT molecular complexity index is 782. The van der Waals surface area contributed by atoms with Gasteiger partial charge in [-0.15, -0.1) is 0 Å². The highest BCUT2D eigenvalue weighted by molar-refractivity contribution is 5.93. The van der Waals surface area contributed by atoms with E-state index in [1.807, 2.05) is 36.4 Å². The third-order valence-electron chi connectivity index (χ3n) is 3.20. The van der Waals surface area contributed by atoms with Crippen molar-refractivity contribution in [2.75, 3.05) is 25.1 Å². The smallest absolute Gasteiger partial charge is 0.350 e. The van der Waals surface area contributed by atoms with Crippen molar-refractivity contribution in [3.05, 3.63) is 66.4 Å². The summed E-state index contributed by atoms with van der Waals surface area (Å²) in [5.41, 5.74) is 0.581. The molecule has 0 saturated heterocycles. The number of ether oxygens (including phenoxy) is 3. The minimum absolute atomic E-state index is 0.102. The zero-order chi connectivity index (χ0) is 18.6. The van der Waals surface area contributed by atoms with E-state index in [1.165, 1.54) is 6.20 Å². The molecular weight excluding hydrogens is 332 g/mol. The lowest BCUT2D eigenvalue weighted by molar-refractivity contribution is -0.138. The number of anilines is 1. The van der Waals surface area contributed by atoms with Crippen LogP contribution in [0.5, 0.6) is 11.5 Å². The molecule has 2 rings (SSSR count). The molecule has 134 valence electrons. The van der Waals surface area contributed by atoms with E-state index >= 15 is 0 Å². The normalized spacial score (nSPS) is 10.5. The predicted molar refractivity (Wildman–Crippen MR) is 97.8 cm³/mol. The van der Waals surface area contributed by atoms with Crippen LogP contribution < -0.4 is 14.8 Å². The van der Waals surface area contributed by atoms with E-state index in [1.54, 1.807) is 31.2 Å². The largest absolute Gasteiger partial charge is 0.490 e. The molecule has 0 fully saturated rings. The second kappa shape index (κ2) is 10.4. The lowest BCUT2D eigenvalue weighted by Crippen LogP contribution is -2.09. The molecule has 26 heavy (non-hydrogen) atoms. The maximum absolute atomic E-state index is 11.6. The monoisotopic (exact) mass is 352 g/mol. The molecule has 0 aliphatic heterocycles. The van der Waals surface area contributed by atoms with E-state index in [0.717, 1.165) is 5.75 Å². The Balaban J connectivity index is 1.85. The molecule has 0 aromatic heterocycles. The summed E-state index contributed by atoms with van der Waals surface area (Å²) >= 11 is 0.